The fraction of sp³-hybridized carbons (Fsp3) is 0.400. The molecule has 2 aromatic carbocycles. The van der Waals surface area contributed by atoms with Gasteiger partial charge < -0.3 is 15.2 Å². The van der Waals surface area contributed by atoms with E-state index in [4.69, 9.17) is 16.3 Å². The molecule has 144 valence electrons. The van der Waals surface area contributed by atoms with Crippen LogP contribution in [0.5, 0.6) is 0 Å². The molecule has 3 nitrogen and oxygen atoms in total. The second kappa shape index (κ2) is 12.6. The molecule has 2 rings (SSSR count). The van der Waals surface area contributed by atoms with E-state index in [0.717, 1.165) is 24.3 Å². The van der Waals surface area contributed by atoms with Crippen LogP contribution in [-0.2, 0) is 11.2 Å². The molecule has 0 bridgehead atoms. The van der Waals surface area contributed by atoms with E-state index in [9.17, 15) is 5.11 Å². The molecule has 0 radical (unpaired) electrons. The number of rotatable bonds is 10. The Bertz CT molecular complexity index is 640. The first kappa shape index (κ1) is 23.3. The lowest BCUT2D eigenvalue weighted by Crippen LogP contribution is -2.32. The molecule has 0 saturated carbocycles. The molecule has 6 heteroatoms. The number of ether oxygens (including phenoxy) is 1. The third kappa shape index (κ3) is 8.30. The van der Waals surface area contributed by atoms with Gasteiger partial charge in [0, 0.05) is 35.4 Å². The van der Waals surface area contributed by atoms with Gasteiger partial charge in [-0.1, -0.05) is 35.9 Å². The predicted octanol–water partition coefficient (Wildman–Crippen LogP) is 4.75. The monoisotopic (exact) mass is 415 g/mol. The van der Waals surface area contributed by atoms with E-state index in [2.05, 4.69) is 36.5 Å². The van der Waals surface area contributed by atoms with Crippen LogP contribution in [0.3, 0.4) is 0 Å². The van der Waals surface area contributed by atoms with Crippen molar-refractivity contribution in [2.45, 2.75) is 30.4 Å². The molecule has 26 heavy (non-hydrogen) atoms. The molecule has 0 aliphatic carbocycles. The SMILES string of the molecule is COCCSc1ccc(CC(C)NCC(O)c2cccc(Cl)c2)cc1.Cl. The van der Waals surface area contributed by atoms with Crippen molar-refractivity contribution in [3.8, 4) is 0 Å². The number of methoxy groups -OCH3 is 1. The smallest absolute Gasteiger partial charge is 0.0914 e. The highest BCUT2D eigenvalue weighted by atomic mass is 35.5. The van der Waals surface area contributed by atoms with Crippen molar-refractivity contribution in [1.29, 1.82) is 0 Å². The van der Waals surface area contributed by atoms with Crippen molar-refractivity contribution in [2.24, 2.45) is 0 Å². The fourth-order valence-corrected chi connectivity index (χ4v) is 3.55. The molecule has 0 saturated heterocycles. The van der Waals surface area contributed by atoms with Crippen LogP contribution in [0.2, 0.25) is 5.02 Å². The fourth-order valence-electron chi connectivity index (χ4n) is 2.53. The zero-order valence-corrected chi connectivity index (χ0v) is 17.5. The molecule has 0 aliphatic rings. The summed E-state index contributed by atoms with van der Waals surface area (Å²) in [5.41, 5.74) is 2.12. The van der Waals surface area contributed by atoms with Gasteiger partial charge in [0.2, 0.25) is 0 Å². The molecule has 2 atom stereocenters. The van der Waals surface area contributed by atoms with Crippen LogP contribution < -0.4 is 5.32 Å². The van der Waals surface area contributed by atoms with E-state index in [-0.39, 0.29) is 18.4 Å². The van der Waals surface area contributed by atoms with E-state index in [1.54, 1.807) is 24.9 Å². The third-order valence-electron chi connectivity index (χ3n) is 3.91. The molecular formula is C20H27Cl2NO2S. The summed E-state index contributed by atoms with van der Waals surface area (Å²) < 4.78 is 5.07. The number of aliphatic hydroxyl groups excluding tert-OH is 1. The maximum Gasteiger partial charge on any atom is 0.0914 e. The largest absolute Gasteiger partial charge is 0.387 e. The Labute approximate surface area is 171 Å². The highest BCUT2D eigenvalue weighted by molar-refractivity contribution is 7.99. The molecule has 0 spiro atoms. The Morgan fingerprint density at radius 3 is 2.58 bits per heavy atom. The van der Waals surface area contributed by atoms with Crippen molar-refractivity contribution in [2.75, 3.05) is 26.0 Å². The number of hydrogen-bond acceptors (Lipinski definition) is 4. The van der Waals surface area contributed by atoms with E-state index >= 15 is 0 Å². The maximum atomic E-state index is 10.3. The number of halogens is 2. The van der Waals surface area contributed by atoms with Gasteiger partial charge in [-0.2, -0.15) is 0 Å². The standard InChI is InChI=1S/C20H26ClNO2S.ClH/c1-15(22-14-20(23)17-4-3-5-18(21)13-17)12-16-6-8-19(9-7-16)25-11-10-24-2;/h3-9,13,15,20,22-23H,10-12,14H2,1-2H3;1H. The lowest BCUT2D eigenvalue weighted by Gasteiger charge is -2.18. The minimum Gasteiger partial charge on any atom is -0.387 e. The summed E-state index contributed by atoms with van der Waals surface area (Å²) in [5.74, 6) is 0.967. The van der Waals surface area contributed by atoms with Crippen molar-refractivity contribution in [1.82, 2.24) is 5.32 Å². The first-order valence-corrected chi connectivity index (χ1v) is 9.82. The summed E-state index contributed by atoms with van der Waals surface area (Å²) in [4.78, 5) is 1.26. The van der Waals surface area contributed by atoms with Crippen LogP contribution in [0.1, 0.15) is 24.2 Å². The van der Waals surface area contributed by atoms with Gasteiger partial charge in [-0.15, -0.1) is 24.2 Å². The van der Waals surface area contributed by atoms with Crippen LogP contribution >= 0.6 is 35.8 Å². The van der Waals surface area contributed by atoms with E-state index in [1.165, 1.54) is 10.5 Å². The van der Waals surface area contributed by atoms with Crippen LogP contribution in [0.4, 0.5) is 0 Å². The lowest BCUT2D eigenvalue weighted by atomic mass is 10.1. The van der Waals surface area contributed by atoms with Gasteiger partial charge in [0.05, 0.1) is 12.7 Å². The molecule has 0 heterocycles. The minimum absolute atomic E-state index is 0. The van der Waals surface area contributed by atoms with Crippen molar-refractivity contribution >= 4 is 35.8 Å². The van der Waals surface area contributed by atoms with Crippen LogP contribution in [0, 0.1) is 0 Å². The molecule has 0 amide bonds. The van der Waals surface area contributed by atoms with Gasteiger partial charge in [-0.3, -0.25) is 0 Å². The Balaban J connectivity index is 0.00000338. The molecule has 2 aromatic rings. The Hall–Kier alpha value is -0.750. The van der Waals surface area contributed by atoms with Gasteiger partial charge in [0.15, 0.2) is 0 Å². The topological polar surface area (TPSA) is 41.5 Å². The van der Waals surface area contributed by atoms with E-state index < -0.39 is 6.10 Å². The van der Waals surface area contributed by atoms with Gasteiger partial charge in [0.1, 0.15) is 0 Å². The molecule has 2 N–H and O–H groups in total. The molecule has 0 aliphatic heterocycles. The van der Waals surface area contributed by atoms with Crippen molar-refractivity contribution < 1.29 is 9.84 Å². The summed E-state index contributed by atoms with van der Waals surface area (Å²) in [5, 5.41) is 14.3. The van der Waals surface area contributed by atoms with Crippen LogP contribution in [0.25, 0.3) is 0 Å². The normalized spacial score (nSPS) is 13.1. The summed E-state index contributed by atoms with van der Waals surface area (Å²) in [6.45, 7) is 3.40. The number of thioether (sulfide) groups is 1. The summed E-state index contributed by atoms with van der Waals surface area (Å²) in [6, 6.07) is 16.3. The molecule has 0 fully saturated rings. The second-order valence-corrected chi connectivity index (χ2v) is 7.67. The quantitative estimate of drug-likeness (QED) is 0.433. The van der Waals surface area contributed by atoms with Gasteiger partial charge in [0.25, 0.3) is 0 Å². The van der Waals surface area contributed by atoms with Crippen molar-refractivity contribution in [3.05, 3.63) is 64.7 Å². The Morgan fingerprint density at radius 2 is 1.92 bits per heavy atom. The number of aliphatic hydroxyl groups is 1. The number of benzene rings is 2. The minimum atomic E-state index is -0.555. The van der Waals surface area contributed by atoms with Crippen molar-refractivity contribution in [3.63, 3.8) is 0 Å². The summed E-state index contributed by atoms with van der Waals surface area (Å²) in [7, 11) is 1.72. The van der Waals surface area contributed by atoms with Gasteiger partial charge >= 0.3 is 0 Å². The van der Waals surface area contributed by atoms with Gasteiger partial charge in [-0.05, 0) is 48.7 Å². The first-order valence-electron chi connectivity index (χ1n) is 8.46. The maximum absolute atomic E-state index is 10.3. The molecular weight excluding hydrogens is 389 g/mol. The molecule has 2 unspecified atom stereocenters. The summed E-state index contributed by atoms with van der Waals surface area (Å²) >= 11 is 7.77. The molecule has 0 aromatic heterocycles. The average Bonchev–Trinajstić information content (AvgIpc) is 2.61. The number of hydrogen-bond donors (Lipinski definition) is 2. The zero-order valence-electron chi connectivity index (χ0n) is 15.2. The highest BCUT2D eigenvalue weighted by Gasteiger charge is 2.10. The van der Waals surface area contributed by atoms with E-state index in [1.807, 2.05) is 18.2 Å². The zero-order chi connectivity index (χ0) is 18.1. The van der Waals surface area contributed by atoms with Crippen LogP contribution in [-0.4, -0.2) is 37.2 Å². The van der Waals surface area contributed by atoms with Gasteiger partial charge in [-0.25, -0.2) is 0 Å². The summed E-state index contributed by atoms with van der Waals surface area (Å²) in [6.07, 6.45) is 0.367. The first-order chi connectivity index (χ1) is 12.1. The Kier molecular flexibility index (Phi) is 11.3. The number of nitrogens with one attached hydrogen (secondary N) is 1. The third-order valence-corrected chi connectivity index (χ3v) is 5.13. The Morgan fingerprint density at radius 1 is 1.19 bits per heavy atom. The lowest BCUT2D eigenvalue weighted by molar-refractivity contribution is 0.170. The van der Waals surface area contributed by atoms with Crippen LogP contribution in [0.15, 0.2) is 53.4 Å². The highest BCUT2D eigenvalue weighted by Crippen LogP contribution is 2.19. The van der Waals surface area contributed by atoms with E-state index in [0.29, 0.717) is 11.6 Å². The average molecular weight is 416 g/mol. The second-order valence-electron chi connectivity index (χ2n) is 6.07. The predicted molar refractivity (Wildman–Crippen MR) is 114 cm³/mol.